The number of aryl methyl sites for hydroxylation is 1. The molecule has 0 fully saturated rings. The van der Waals surface area contributed by atoms with E-state index in [1.807, 2.05) is 6.92 Å². The van der Waals surface area contributed by atoms with Crippen molar-refractivity contribution >= 4 is 27.8 Å². The number of carboxylic acid groups (broad SMARTS) is 1. The molecule has 1 unspecified atom stereocenters. The first-order valence-corrected chi connectivity index (χ1v) is 5.60. The van der Waals surface area contributed by atoms with Crippen LogP contribution in [0.3, 0.4) is 0 Å². The summed E-state index contributed by atoms with van der Waals surface area (Å²) in [5.74, 6) is -2.01. The van der Waals surface area contributed by atoms with Crippen molar-refractivity contribution in [1.29, 1.82) is 0 Å². The molecular formula is C11H11BrFNO3. The van der Waals surface area contributed by atoms with Gasteiger partial charge in [0.25, 0.3) is 5.91 Å². The lowest BCUT2D eigenvalue weighted by Gasteiger charge is -2.11. The van der Waals surface area contributed by atoms with Gasteiger partial charge in [-0.2, -0.15) is 0 Å². The number of rotatable bonds is 4. The first kappa shape index (κ1) is 13.6. The summed E-state index contributed by atoms with van der Waals surface area (Å²) in [7, 11) is 0. The first-order chi connectivity index (χ1) is 7.95. The van der Waals surface area contributed by atoms with Gasteiger partial charge >= 0.3 is 5.97 Å². The second kappa shape index (κ2) is 5.77. The average molecular weight is 304 g/mol. The Hall–Kier alpha value is -1.43. The monoisotopic (exact) mass is 303 g/mol. The maximum Gasteiger partial charge on any atom is 0.328 e. The summed E-state index contributed by atoms with van der Waals surface area (Å²) in [5.41, 5.74) is 1.23. The van der Waals surface area contributed by atoms with E-state index >= 15 is 0 Å². The number of nitrogens with one attached hydrogen (secondary N) is 1. The zero-order valence-electron chi connectivity index (χ0n) is 9.04. The number of carboxylic acids is 1. The van der Waals surface area contributed by atoms with Gasteiger partial charge in [-0.1, -0.05) is 22.0 Å². The minimum atomic E-state index is -1.51. The van der Waals surface area contributed by atoms with E-state index in [2.05, 4.69) is 21.2 Å². The van der Waals surface area contributed by atoms with E-state index in [9.17, 15) is 14.0 Å². The molecule has 4 nitrogen and oxygen atoms in total. The Morgan fingerprint density at radius 3 is 2.65 bits per heavy atom. The van der Waals surface area contributed by atoms with Gasteiger partial charge in [0.05, 0.1) is 0 Å². The highest BCUT2D eigenvalue weighted by Crippen LogP contribution is 2.17. The van der Waals surface area contributed by atoms with Crippen molar-refractivity contribution in [2.75, 3.05) is 6.67 Å². The van der Waals surface area contributed by atoms with Crippen molar-refractivity contribution in [3.63, 3.8) is 0 Å². The summed E-state index contributed by atoms with van der Waals surface area (Å²) in [5, 5.41) is 10.7. The highest BCUT2D eigenvalue weighted by atomic mass is 79.9. The Morgan fingerprint density at radius 2 is 2.18 bits per heavy atom. The van der Waals surface area contributed by atoms with Crippen molar-refractivity contribution in [1.82, 2.24) is 5.32 Å². The number of aliphatic carboxylic acids is 1. The predicted molar refractivity (Wildman–Crippen MR) is 63.7 cm³/mol. The second-order valence-corrected chi connectivity index (χ2v) is 4.34. The van der Waals surface area contributed by atoms with E-state index in [1.54, 1.807) is 18.2 Å². The zero-order chi connectivity index (χ0) is 13.0. The maximum atomic E-state index is 12.3. The number of hydrogen-bond donors (Lipinski definition) is 2. The van der Waals surface area contributed by atoms with Crippen molar-refractivity contribution in [2.45, 2.75) is 13.0 Å². The molecule has 1 amide bonds. The highest BCUT2D eigenvalue weighted by molar-refractivity contribution is 9.10. The van der Waals surface area contributed by atoms with Crippen LogP contribution in [0.5, 0.6) is 0 Å². The van der Waals surface area contributed by atoms with Gasteiger partial charge in [0, 0.05) is 10.0 Å². The SMILES string of the molecule is Cc1ccc(C(=O)NC(CF)C(=O)O)cc1Br. The molecule has 1 rings (SSSR count). The van der Waals surface area contributed by atoms with E-state index < -0.39 is 24.6 Å². The summed E-state index contributed by atoms with van der Waals surface area (Å²) in [6, 6.07) is 3.31. The molecule has 0 saturated carbocycles. The van der Waals surface area contributed by atoms with E-state index in [1.165, 1.54) is 0 Å². The lowest BCUT2D eigenvalue weighted by Crippen LogP contribution is -2.42. The third-order valence-electron chi connectivity index (χ3n) is 2.19. The lowest BCUT2D eigenvalue weighted by molar-refractivity contribution is -0.139. The molecular weight excluding hydrogens is 293 g/mol. The molecule has 0 aliphatic carbocycles. The van der Waals surface area contributed by atoms with Gasteiger partial charge in [0.15, 0.2) is 6.04 Å². The summed E-state index contributed by atoms with van der Waals surface area (Å²) in [4.78, 5) is 22.2. The Bertz CT molecular complexity index is 450. The molecule has 2 N–H and O–H groups in total. The van der Waals surface area contributed by atoms with Gasteiger partial charge in [-0.25, -0.2) is 9.18 Å². The smallest absolute Gasteiger partial charge is 0.328 e. The summed E-state index contributed by atoms with van der Waals surface area (Å²) in [6.45, 7) is 0.710. The molecule has 0 radical (unpaired) electrons. The van der Waals surface area contributed by atoms with E-state index in [4.69, 9.17) is 5.11 Å². The molecule has 0 aliphatic rings. The number of carbonyl (C=O) groups excluding carboxylic acids is 1. The number of alkyl halides is 1. The van der Waals surface area contributed by atoms with Gasteiger partial charge in [-0.15, -0.1) is 0 Å². The van der Waals surface area contributed by atoms with Crippen LogP contribution in [0.1, 0.15) is 15.9 Å². The molecule has 0 aliphatic heterocycles. The normalized spacial score (nSPS) is 11.9. The summed E-state index contributed by atoms with van der Waals surface area (Å²) >= 11 is 3.26. The fourth-order valence-electron chi connectivity index (χ4n) is 1.14. The standard InChI is InChI=1S/C11H11BrFNO3/c1-6-2-3-7(4-8(6)12)10(15)14-9(5-13)11(16)17/h2-4,9H,5H2,1H3,(H,14,15)(H,16,17). The lowest BCUT2D eigenvalue weighted by atomic mass is 10.1. The van der Waals surface area contributed by atoms with Gasteiger partial charge in [0.2, 0.25) is 0 Å². The fourth-order valence-corrected chi connectivity index (χ4v) is 1.52. The summed E-state index contributed by atoms with van der Waals surface area (Å²) in [6.07, 6.45) is 0. The highest BCUT2D eigenvalue weighted by Gasteiger charge is 2.20. The number of carbonyl (C=O) groups is 2. The molecule has 1 aromatic carbocycles. The van der Waals surface area contributed by atoms with Crippen molar-refractivity contribution < 1.29 is 19.1 Å². The topological polar surface area (TPSA) is 66.4 Å². The molecule has 0 heterocycles. The van der Waals surface area contributed by atoms with Crippen LogP contribution in [0.15, 0.2) is 22.7 Å². The second-order valence-electron chi connectivity index (χ2n) is 3.48. The largest absolute Gasteiger partial charge is 0.480 e. The molecule has 6 heteroatoms. The number of hydrogen-bond acceptors (Lipinski definition) is 2. The third kappa shape index (κ3) is 3.52. The Labute approximate surface area is 106 Å². The minimum absolute atomic E-state index is 0.280. The van der Waals surface area contributed by atoms with Crippen LogP contribution >= 0.6 is 15.9 Å². The number of halogens is 2. The zero-order valence-corrected chi connectivity index (χ0v) is 10.6. The molecule has 0 bridgehead atoms. The molecule has 17 heavy (non-hydrogen) atoms. The molecule has 1 atom stereocenters. The van der Waals surface area contributed by atoms with Crippen molar-refractivity contribution in [3.8, 4) is 0 Å². The van der Waals surface area contributed by atoms with Crippen LogP contribution < -0.4 is 5.32 Å². The Kier molecular flexibility index (Phi) is 4.62. The van der Waals surface area contributed by atoms with Crippen LogP contribution in [-0.4, -0.2) is 29.7 Å². The molecule has 1 aromatic rings. The number of benzene rings is 1. The predicted octanol–water partition coefficient (Wildman–Crippen LogP) is 1.91. The fraction of sp³-hybridized carbons (Fsp3) is 0.273. The van der Waals surface area contributed by atoms with Crippen LogP contribution in [0.4, 0.5) is 4.39 Å². The molecule has 0 spiro atoms. The van der Waals surface area contributed by atoms with Crippen molar-refractivity contribution in [3.05, 3.63) is 33.8 Å². The van der Waals surface area contributed by atoms with E-state index in [0.29, 0.717) is 0 Å². The third-order valence-corrected chi connectivity index (χ3v) is 3.05. The van der Waals surface area contributed by atoms with E-state index in [-0.39, 0.29) is 5.56 Å². The van der Waals surface area contributed by atoms with Gasteiger partial charge in [-0.05, 0) is 24.6 Å². The van der Waals surface area contributed by atoms with Gasteiger partial charge < -0.3 is 10.4 Å². The summed E-state index contributed by atoms with van der Waals surface area (Å²) < 4.78 is 13.1. The van der Waals surface area contributed by atoms with Crippen LogP contribution in [0, 0.1) is 6.92 Å². The Balaban J connectivity index is 2.82. The number of amides is 1. The van der Waals surface area contributed by atoms with Crippen LogP contribution in [0.2, 0.25) is 0 Å². The quantitative estimate of drug-likeness (QED) is 0.893. The molecule has 0 saturated heterocycles. The maximum absolute atomic E-state index is 12.3. The minimum Gasteiger partial charge on any atom is -0.480 e. The Morgan fingerprint density at radius 1 is 1.53 bits per heavy atom. The average Bonchev–Trinajstić information content (AvgIpc) is 2.28. The van der Waals surface area contributed by atoms with Gasteiger partial charge in [-0.3, -0.25) is 4.79 Å². The molecule has 0 aromatic heterocycles. The van der Waals surface area contributed by atoms with Crippen molar-refractivity contribution in [2.24, 2.45) is 0 Å². The first-order valence-electron chi connectivity index (χ1n) is 4.81. The van der Waals surface area contributed by atoms with E-state index in [0.717, 1.165) is 10.0 Å². The van der Waals surface area contributed by atoms with Crippen LogP contribution in [-0.2, 0) is 4.79 Å². The van der Waals surface area contributed by atoms with Crippen LogP contribution in [0.25, 0.3) is 0 Å². The van der Waals surface area contributed by atoms with Gasteiger partial charge in [0.1, 0.15) is 6.67 Å². The molecule has 92 valence electrons.